The van der Waals surface area contributed by atoms with E-state index in [-0.39, 0.29) is 31.1 Å². The Morgan fingerprint density at radius 2 is 0.623 bits per heavy atom. The van der Waals surface area contributed by atoms with E-state index in [4.69, 9.17) is 14.2 Å². The van der Waals surface area contributed by atoms with Crippen molar-refractivity contribution >= 4 is 17.9 Å². The molecular formula is C47H90O6. The minimum absolute atomic E-state index is 0.0653. The van der Waals surface area contributed by atoms with Gasteiger partial charge in [-0.25, -0.2) is 0 Å². The molecule has 0 spiro atoms. The van der Waals surface area contributed by atoms with Crippen molar-refractivity contribution in [2.24, 2.45) is 11.8 Å². The Kier molecular flexibility index (Phi) is 38.9. The Balaban J connectivity index is 4.25. The van der Waals surface area contributed by atoms with Gasteiger partial charge in [0.25, 0.3) is 0 Å². The second-order valence-corrected chi connectivity index (χ2v) is 17.0. The summed E-state index contributed by atoms with van der Waals surface area (Å²) in [5.41, 5.74) is 0. The highest BCUT2D eigenvalue weighted by Crippen LogP contribution is 2.17. The number of rotatable bonds is 41. The summed E-state index contributed by atoms with van der Waals surface area (Å²) >= 11 is 0. The highest BCUT2D eigenvalue weighted by atomic mass is 16.6. The molecule has 0 aliphatic carbocycles. The number of hydrogen-bond acceptors (Lipinski definition) is 6. The molecule has 0 aromatic carbocycles. The first-order valence-electron chi connectivity index (χ1n) is 23.2. The number of hydrogen-bond donors (Lipinski definition) is 0. The van der Waals surface area contributed by atoms with Crippen LogP contribution in [-0.4, -0.2) is 37.2 Å². The lowest BCUT2D eigenvalue weighted by atomic mass is 10.0. The number of carbonyl (C=O) groups excluding carboxylic acids is 3. The van der Waals surface area contributed by atoms with E-state index >= 15 is 0 Å². The maximum absolute atomic E-state index is 12.7. The Hall–Kier alpha value is -1.59. The predicted molar refractivity (Wildman–Crippen MR) is 224 cm³/mol. The molecule has 0 aromatic rings. The van der Waals surface area contributed by atoms with Gasteiger partial charge in [-0.2, -0.15) is 0 Å². The molecule has 6 heteroatoms. The van der Waals surface area contributed by atoms with Gasteiger partial charge >= 0.3 is 17.9 Å². The van der Waals surface area contributed by atoms with Crippen LogP contribution in [0.15, 0.2) is 0 Å². The fraction of sp³-hybridized carbons (Fsp3) is 0.936. The molecule has 0 saturated carbocycles. The van der Waals surface area contributed by atoms with Crippen LogP contribution in [0.3, 0.4) is 0 Å². The molecule has 0 fully saturated rings. The fourth-order valence-corrected chi connectivity index (χ4v) is 6.93. The first-order chi connectivity index (χ1) is 25.7. The van der Waals surface area contributed by atoms with Crippen molar-refractivity contribution in [3.05, 3.63) is 0 Å². The highest BCUT2D eigenvalue weighted by molar-refractivity contribution is 5.71. The third-order valence-electron chi connectivity index (χ3n) is 10.5. The van der Waals surface area contributed by atoms with Crippen LogP contribution in [0.1, 0.15) is 253 Å². The lowest BCUT2D eigenvalue weighted by molar-refractivity contribution is -0.167. The Labute approximate surface area is 329 Å². The number of carbonyl (C=O) groups is 3. The molecule has 6 nitrogen and oxygen atoms in total. The Morgan fingerprint density at radius 1 is 0.358 bits per heavy atom. The van der Waals surface area contributed by atoms with Crippen molar-refractivity contribution in [2.75, 3.05) is 13.2 Å². The van der Waals surface area contributed by atoms with E-state index in [0.717, 1.165) is 69.6 Å². The van der Waals surface area contributed by atoms with E-state index in [0.29, 0.717) is 19.3 Å². The molecule has 0 amide bonds. The number of unbranched alkanes of at least 4 members (excludes halogenated alkanes) is 26. The summed E-state index contributed by atoms with van der Waals surface area (Å²) in [5, 5.41) is 0. The molecule has 0 bridgehead atoms. The molecule has 0 radical (unpaired) electrons. The SMILES string of the molecule is CCCCCCCCCC(=O)OC[C@@H](COC(=O)CCCCCCCCCCCC(C)C)OC(=O)CCCCCCCCCCCCCCCC(C)C. The van der Waals surface area contributed by atoms with Gasteiger partial charge in [0.05, 0.1) is 0 Å². The van der Waals surface area contributed by atoms with Crippen LogP contribution in [0.2, 0.25) is 0 Å². The minimum atomic E-state index is -0.759. The van der Waals surface area contributed by atoms with Gasteiger partial charge in [0.1, 0.15) is 13.2 Å². The van der Waals surface area contributed by atoms with Crippen molar-refractivity contribution in [2.45, 2.75) is 259 Å². The molecule has 0 heterocycles. The van der Waals surface area contributed by atoms with Crippen LogP contribution in [0.5, 0.6) is 0 Å². The summed E-state index contributed by atoms with van der Waals surface area (Å²) in [4.78, 5) is 37.6. The first kappa shape index (κ1) is 51.4. The Morgan fingerprint density at radius 3 is 0.925 bits per heavy atom. The van der Waals surface area contributed by atoms with Gasteiger partial charge < -0.3 is 14.2 Å². The van der Waals surface area contributed by atoms with Gasteiger partial charge in [-0.05, 0) is 31.1 Å². The monoisotopic (exact) mass is 751 g/mol. The molecule has 0 aliphatic rings. The molecule has 314 valence electrons. The van der Waals surface area contributed by atoms with E-state index in [2.05, 4.69) is 34.6 Å². The average molecular weight is 751 g/mol. The molecule has 0 aromatic heterocycles. The molecule has 0 unspecified atom stereocenters. The van der Waals surface area contributed by atoms with Crippen molar-refractivity contribution in [1.82, 2.24) is 0 Å². The summed E-state index contributed by atoms with van der Waals surface area (Å²) in [6.07, 6.45) is 38.1. The Bertz CT molecular complexity index is 809. The predicted octanol–water partition coefficient (Wildman–Crippen LogP) is 14.6. The van der Waals surface area contributed by atoms with Crippen molar-refractivity contribution in [1.29, 1.82) is 0 Å². The van der Waals surface area contributed by atoms with Crippen molar-refractivity contribution in [3.8, 4) is 0 Å². The lowest BCUT2D eigenvalue weighted by Crippen LogP contribution is -2.30. The second-order valence-electron chi connectivity index (χ2n) is 17.0. The summed E-state index contributed by atoms with van der Waals surface area (Å²) < 4.78 is 16.7. The zero-order valence-electron chi connectivity index (χ0n) is 36.1. The summed E-state index contributed by atoms with van der Waals surface area (Å²) in [7, 11) is 0. The second kappa shape index (κ2) is 40.1. The maximum atomic E-state index is 12.7. The van der Waals surface area contributed by atoms with Crippen LogP contribution in [0, 0.1) is 11.8 Å². The largest absolute Gasteiger partial charge is 0.462 e. The molecular weight excluding hydrogens is 661 g/mol. The topological polar surface area (TPSA) is 78.9 Å². The third kappa shape index (κ3) is 41.4. The van der Waals surface area contributed by atoms with E-state index in [1.807, 2.05) is 0 Å². The van der Waals surface area contributed by atoms with Crippen LogP contribution >= 0.6 is 0 Å². The van der Waals surface area contributed by atoms with Crippen LogP contribution in [-0.2, 0) is 28.6 Å². The highest BCUT2D eigenvalue weighted by Gasteiger charge is 2.19. The molecule has 53 heavy (non-hydrogen) atoms. The van der Waals surface area contributed by atoms with Crippen LogP contribution in [0.25, 0.3) is 0 Å². The molecule has 0 saturated heterocycles. The third-order valence-corrected chi connectivity index (χ3v) is 10.5. The normalized spacial score (nSPS) is 12.1. The van der Waals surface area contributed by atoms with Gasteiger partial charge in [-0.15, -0.1) is 0 Å². The lowest BCUT2D eigenvalue weighted by Gasteiger charge is -2.18. The van der Waals surface area contributed by atoms with Crippen molar-refractivity contribution < 1.29 is 28.6 Å². The van der Waals surface area contributed by atoms with E-state index < -0.39 is 6.10 Å². The summed E-state index contributed by atoms with van der Waals surface area (Å²) in [5.74, 6) is 0.784. The van der Waals surface area contributed by atoms with Gasteiger partial charge in [0, 0.05) is 19.3 Å². The zero-order chi connectivity index (χ0) is 39.0. The maximum Gasteiger partial charge on any atom is 0.306 e. The summed E-state index contributed by atoms with van der Waals surface area (Å²) in [6.45, 7) is 11.3. The number of esters is 3. The minimum Gasteiger partial charge on any atom is -0.462 e. The van der Waals surface area contributed by atoms with Gasteiger partial charge in [0.15, 0.2) is 6.10 Å². The first-order valence-corrected chi connectivity index (χ1v) is 23.2. The fourth-order valence-electron chi connectivity index (χ4n) is 6.93. The van der Waals surface area contributed by atoms with E-state index in [1.165, 1.54) is 141 Å². The summed E-state index contributed by atoms with van der Waals surface area (Å²) in [6, 6.07) is 0. The van der Waals surface area contributed by atoms with Crippen LogP contribution < -0.4 is 0 Å². The van der Waals surface area contributed by atoms with E-state index in [9.17, 15) is 14.4 Å². The molecule has 0 aliphatic heterocycles. The average Bonchev–Trinajstić information content (AvgIpc) is 3.12. The quantitative estimate of drug-likeness (QED) is 0.0352. The van der Waals surface area contributed by atoms with Gasteiger partial charge in [-0.3, -0.25) is 14.4 Å². The zero-order valence-corrected chi connectivity index (χ0v) is 36.1. The number of ether oxygens (including phenoxy) is 3. The molecule has 1 atom stereocenters. The van der Waals surface area contributed by atoms with Crippen LogP contribution in [0.4, 0.5) is 0 Å². The smallest absolute Gasteiger partial charge is 0.306 e. The van der Waals surface area contributed by atoms with Gasteiger partial charge in [0.2, 0.25) is 0 Å². The van der Waals surface area contributed by atoms with E-state index in [1.54, 1.807) is 0 Å². The van der Waals surface area contributed by atoms with Gasteiger partial charge in [-0.1, -0.05) is 214 Å². The molecule has 0 rings (SSSR count). The standard InChI is InChI=1S/C47H90O6/c1-6-7-8-9-20-27-32-37-45(48)51-40-44(41-52-46(49)38-33-28-23-19-15-17-22-26-31-36-43(4)5)53-47(50)39-34-29-24-18-14-12-10-11-13-16-21-25-30-35-42(2)3/h42-44H,6-41H2,1-5H3/t44-/m0/s1. The molecule has 0 N–H and O–H groups in total. The van der Waals surface area contributed by atoms with Crippen molar-refractivity contribution in [3.63, 3.8) is 0 Å².